The summed E-state index contributed by atoms with van der Waals surface area (Å²) in [5, 5.41) is 0. The van der Waals surface area contributed by atoms with Gasteiger partial charge in [-0.2, -0.15) is 0 Å². The summed E-state index contributed by atoms with van der Waals surface area (Å²) < 4.78 is 5.09. The summed E-state index contributed by atoms with van der Waals surface area (Å²) in [6.07, 6.45) is 6.74. The molecule has 3 heteroatoms. The van der Waals surface area contributed by atoms with Crippen molar-refractivity contribution in [2.75, 3.05) is 20.3 Å². The van der Waals surface area contributed by atoms with E-state index in [9.17, 15) is 4.79 Å². The van der Waals surface area contributed by atoms with E-state index in [1.54, 1.807) is 7.11 Å². The van der Waals surface area contributed by atoms with Gasteiger partial charge in [-0.1, -0.05) is 13.3 Å². The topological polar surface area (TPSA) is 29.5 Å². The number of ether oxygens (including phenoxy) is 1. The van der Waals surface area contributed by atoms with Gasteiger partial charge in [-0.05, 0) is 37.5 Å². The maximum atomic E-state index is 12.0. The molecule has 17 heavy (non-hydrogen) atoms. The van der Waals surface area contributed by atoms with Gasteiger partial charge < -0.3 is 9.64 Å². The zero-order valence-electron chi connectivity index (χ0n) is 11.2. The van der Waals surface area contributed by atoms with Crippen molar-refractivity contribution in [3.63, 3.8) is 0 Å². The first-order chi connectivity index (χ1) is 8.22. The van der Waals surface area contributed by atoms with Gasteiger partial charge in [-0.25, -0.2) is 0 Å². The van der Waals surface area contributed by atoms with Gasteiger partial charge in [-0.3, -0.25) is 4.79 Å². The molecule has 1 amide bonds. The van der Waals surface area contributed by atoms with Crippen LogP contribution in [0.1, 0.15) is 45.4 Å². The third kappa shape index (κ3) is 3.01. The van der Waals surface area contributed by atoms with E-state index in [-0.39, 0.29) is 0 Å². The summed E-state index contributed by atoms with van der Waals surface area (Å²) in [6, 6.07) is 0.525. The fourth-order valence-electron chi connectivity index (χ4n) is 3.44. The summed E-state index contributed by atoms with van der Waals surface area (Å²) >= 11 is 0. The van der Waals surface area contributed by atoms with Gasteiger partial charge in [0, 0.05) is 32.7 Å². The molecule has 2 aliphatic rings. The van der Waals surface area contributed by atoms with Crippen LogP contribution in [0.2, 0.25) is 0 Å². The van der Waals surface area contributed by atoms with Crippen LogP contribution >= 0.6 is 0 Å². The molecule has 98 valence electrons. The smallest absolute Gasteiger partial charge is 0.222 e. The van der Waals surface area contributed by atoms with Gasteiger partial charge in [0.1, 0.15) is 0 Å². The quantitative estimate of drug-likeness (QED) is 0.705. The molecular formula is C14H25NO2. The van der Waals surface area contributed by atoms with Crippen molar-refractivity contribution in [1.82, 2.24) is 4.90 Å². The van der Waals surface area contributed by atoms with Gasteiger partial charge in [0.25, 0.3) is 0 Å². The Morgan fingerprint density at radius 2 is 2.18 bits per heavy atom. The van der Waals surface area contributed by atoms with E-state index >= 15 is 0 Å². The molecule has 1 saturated carbocycles. The Balaban J connectivity index is 1.96. The summed E-state index contributed by atoms with van der Waals surface area (Å²) in [4.78, 5) is 14.2. The van der Waals surface area contributed by atoms with Crippen molar-refractivity contribution in [3.8, 4) is 0 Å². The molecule has 0 spiro atoms. The number of carbonyl (C=O) groups excluding carboxylic acids is 1. The molecule has 0 N–H and O–H groups in total. The fourth-order valence-corrected chi connectivity index (χ4v) is 3.44. The van der Waals surface area contributed by atoms with Crippen LogP contribution in [0.25, 0.3) is 0 Å². The van der Waals surface area contributed by atoms with E-state index in [1.165, 1.54) is 19.3 Å². The largest absolute Gasteiger partial charge is 0.385 e. The second-order valence-electron chi connectivity index (χ2n) is 5.72. The standard InChI is InChI=1S/C14H25NO2/c1-11-4-5-12-6-7-14(16)15(13(12)10-11)8-3-9-17-2/h11-13H,3-10H2,1-2H3/t11-,12-,13?/m1/s1. The minimum absolute atomic E-state index is 0.372. The number of likely N-dealkylation sites (tertiary alicyclic amines) is 1. The highest BCUT2D eigenvalue weighted by Gasteiger charge is 2.38. The highest BCUT2D eigenvalue weighted by molar-refractivity contribution is 5.77. The molecule has 1 saturated heterocycles. The van der Waals surface area contributed by atoms with Crippen LogP contribution in [0.15, 0.2) is 0 Å². The van der Waals surface area contributed by atoms with Gasteiger partial charge in [0.05, 0.1) is 0 Å². The third-order valence-corrected chi connectivity index (χ3v) is 4.42. The molecule has 0 aromatic rings. The maximum absolute atomic E-state index is 12.0. The van der Waals surface area contributed by atoms with Crippen molar-refractivity contribution in [3.05, 3.63) is 0 Å². The van der Waals surface area contributed by atoms with Gasteiger partial charge in [0.2, 0.25) is 5.91 Å². The molecule has 0 bridgehead atoms. The lowest BCUT2D eigenvalue weighted by atomic mass is 9.74. The normalized spacial score (nSPS) is 33.6. The van der Waals surface area contributed by atoms with Crippen molar-refractivity contribution in [2.45, 2.75) is 51.5 Å². The highest BCUT2D eigenvalue weighted by atomic mass is 16.5. The molecule has 1 aliphatic carbocycles. The molecule has 1 aliphatic heterocycles. The molecular weight excluding hydrogens is 214 g/mol. The number of fused-ring (bicyclic) bond motifs is 1. The Morgan fingerprint density at radius 3 is 2.94 bits per heavy atom. The van der Waals surface area contributed by atoms with Crippen molar-refractivity contribution in [1.29, 1.82) is 0 Å². The molecule has 2 rings (SSSR count). The SMILES string of the molecule is COCCCN1C(=O)CC[C@H]2CC[C@@H](C)CC21. The van der Waals surface area contributed by atoms with Crippen LogP contribution in [-0.2, 0) is 9.53 Å². The predicted octanol–water partition coefficient (Wildman–Crippen LogP) is 2.45. The van der Waals surface area contributed by atoms with Crippen molar-refractivity contribution >= 4 is 5.91 Å². The van der Waals surface area contributed by atoms with Crippen molar-refractivity contribution in [2.24, 2.45) is 11.8 Å². The van der Waals surface area contributed by atoms with E-state index < -0.39 is 0 Å². The molecule has 3 nitrogen and oxygen atoms in total. The van der Waals surface area contributed by atoms with E-state index in [4.69, 9.17) is 4.74 Å². The Kier molecular flexibility index (Phi) is 4.43. The first kappa shape index (κ1) is 12.9. The zero-order valence-corrected chi connectivity index (χ0v) is 11.2. The van der Waals surface area contributed by atoms with E-state index in [0.717, 1.165) is 44.2 Å². The number of amides is 1. The van der Waals surface area contributed by atoms with E-state index in [2.05, 4.69) is 11.8 Å². The second kappa shape index (κ2) is 5.85. The van der Waals surface area contributed by atoms with Crippen LogP contribution in [-0.4, -0.2) is 37.1 Å². The number of carbonyl (C=O) groups is 1. The molecule has 2 fully saturated rings. The number of hydrogen-bond donors (Lipinski definition) is 0. The Labute approximate surface area is 105 Å². The van der Waals surface area contributed by atoms with E-state index in [1.807, 2.05) is 0 Å². The average Bonchev–Trinajstić information content (AvgIpc) is 2.32. The average molecular weight is 239 g/mol. The third-order valence-electron chi connectivity index (χ3n) is 4.42. The van der Waals surface area contributed by atoms with Crippen LogP contribution < -0.4 is 0 Å². The van der Waals surface area contributed by atoms with E-state index in [0.29, 0.717) is 11.9 Å². The monoisotopic (exact) mass is 239 g/mol. The first-order valence-electron chi connectivity index (χ1n) is 7.00. The number of methoxy groups -OCH3 is 1. The van der Waals surface area contributed by atoms with Crippen molar-refractivity contribution < 1.29 is 9.53 Å². The zero-order chi connectivity index (χ0) is 12.3. The number of piperidine rings is 1. The fraction of sp³-hybridized carbons (Fsp3) is 0.929. The minimum atomic E-state index is 0.372. The lowest BCUT2D eigenvalue weighted by Crippen LogP contribution is -2.51. The maximum Gasteiger partial charge on any atom is 0.222 e. The summed E-state index contributed by atoms with van der Waals surface area (Å²) in [6.45, 7) is 3.97. The molecule has 1 unspecified atom stereocenters. The van der Waals surface area contributed by atoms with Crippen LogP contribution in [0.3, 0.4) is 0 Å². The summed E-state index contributed by atoms with van der Waals surface area (Å²) in [7, 11) is 1.73. The van der Waals surface area contributed by atoms with Gasteiger partial charge >= 0.3 is 0 Å². The molecule has 3 atom stereocenters. The predicted molar refractivity (Wildman–Crippen MR) is 67.7 cm³/mol. The summed E-state index contributed by atoms with van der Waals surface area (Å²) in [5.41, 5.74) is 0. The Hall–Kier alpha value is -0.570. The van der Waals surface area contributed by atoms with Crippen LogP contribution in [0.4, 0.5) is 0 Å². The lowest BCUT2D eigenvalue weighted by Gasteiger charge is -2.45. The lowest BCUT2D eigenvalue weighted by molar-refractivity contribution is -0.140. The van der Waals surface area contributed by atoms with Crippen LogP contribution in [0.5, 0.6) is 0 Å². The highest BCUT2D eigenvalue weighted by Crippen LogP contribution is 2.38. The summed E-state index contributed by atoms with van der Waals surface area (Å²) in [5.74, 6) is 1.93. The van der Waals surface area contributed by atoms with Crippen LogP contribution in [0, 0.1) is 11.8 Å². The number of hydrogen-bond acceptors (Lipinski definition) is 2. The molecule has 1 heterocycles. The molecule has 0 aromatic heterocycles. The number of rotatable bonds is 4. The number of nitrogens with zero attached hydrogens (tertiary/aromatic N) is 1. The molecule has 0 radical (unpaired) electrons. The Bertz CT molecular complexity index is 267. The Morgan fingerprint density at radius 1 is 1.35 bits per heavy atom. The second-order valence-corrected chi connectivity index (χ2v) is 5.72. The first-order valence-corrected chi connectivity index (χ1v) is 7.00. The van der Waals surface area contributed by atoms with Gasteiger partial charge in [-0.15, -0.1) is 0 Å². The van der Waals surface area contributed by atoms with Gasteiger partial charge in [0.15, 0.2) is 0 Å². The molecule has 0 aromatic carbocycles. The minimum Gasteiger partial charge on any atom is -0.385 e.